The van der Waals surface area contributed by atoms with Crippen molar-refractivity contribution in [3.05, 3.63) is 41.0 Å². The molecule has 0 unspecified atom stereocenters. The van der Waals surface area contributed by atoms with Crippen LogP contribution >= 0.6 is 23.8 Å². The van der Waals surface area contributed by atoms with Gasteiger partial charge in [-0.2, -0.15) is 4.98 Å². The Morgan fingerprint density at radius 2 is 1.96 bits per heavy atom. The number of nitrogens with one attached hydrogen (secondary N) is 2. The standard InChI is InChI=1S/C19H24ClN5OS/c1-13-7-9-25(10-8-13)17-11-16(20)22-18(23-17)24-19(27)21-12-14-3-5-15(26-2)6-4-14/h3-6,11,13H,7-10,12H2,1-2H3,(H2,21,22,23,24,27). The van der Waals surface area contributed by atoms with Crippen LogP contribution in [0.1, 0.15) is 25.3 Å². The maximum atomic E-state index is 6.19. The van der Waals surface area contributed by atoms with Crippen molar-refractivity contribution in [1.29, 1.82) is 0 Å². The Labute approximate surface area is 170 Å². The minimum absolute atomic E-state index is 0.402. The number of thiocarbonyl (C=S) groups is 1. The molecule has 144 valence electrons. The first-order valence-electron chi connectivity index (χ1n) is 9.01. The fraction of sp³-hybridized carbons (Fsp3) is 0.421. The summed E-state index contributed by atoms with van der Waals surface area (Å²) in [5.74, 6) is 2.82. The molecule has 8 heteroatoms. The zero-order valence-corrected chi connectivity index (χ0v) is 17.1. The molecule has 1 aromatic heterocycles. The van der Waals surface area contributed by atoms with Crippen LogP contribution in [-0.2, 0) is 6.54 Å². The third-order valence-electron chi connectivity index (χ3n) is 4.63. The van der Waals surface area contributed by atoms with E-state index in [9.17, 15) is 0 Å². The second-order valence-corrected chi connectivity index (χ2v) is 7.49. The summed E-state index contributed by atoms with van der Waals surface area (Å²) in [6.07, 6.45) is 2.32. The van der Waals surface area contributed by atoms with Crippen molar-refractivity contribution in [3.63, 3.8) is 0 Å². The Hall–Kier alpha value is -2.12. The topological polar surface area (TPSA) is 62.3 Å². The van der Waals surface area contributed by atoms with Crippen LogP contribution in [-0.4, -0.2) is 35.3 Å². The van der Waals surface area contributed by atoms with Crippen LogP contribution < -0.4 is 20.3 Å². The molecule has 1 fully saturated rings. The normalized spacial score (nSPS) is 14.7. The zero-order chi connectivity index (χ0) is 19.2. The summed E-state index contributed by atoms with van der Waals surface area (Å²) in [5, 5.41) is 7.03. The van der Waals surface area contributed by atoms with Crippen LogP contribution in [0.3, 0.4) is 0 Å². The molecule has 0 spiro atoms. The quantitative estimate of drug-likeness (QED) is 0.578. The fourth-order valence-corrected chi connectivity index (χ4v) is 3.27. The molecule has 2 N–H and O–H groups in total. The Bertz CT molecular complexity index is 778. The van der Waals surface area contributed by atoms with Gasteiger partial charge in [-0.1, -0.05) is 30.7 Å². The Kier molecular flexibility index (Phi) is 6.68. The molecular weight excluding hydrogens is 382 g/mol. The van der Waals surface area contributed by atoms with E-state index >= 15 is 0 Å². The number of benzene rings is 1. The van der Waals surface area contributed by atoms with Gasteiger partial charge in [0, 0.05) is 25.7 Å². The molecule has 1 aliphatic rings. The van der Waals surface area contributed by atoms with E-state index in [-0.39, 0.29) is 0 Å². The summed E-state index contributed by atoms with van der Waals surface area (Å²) in [4.78, 5) is 11.1. The molecule has 0 amide bonds. The van der Waals surface area contributed by atoms with Gasteiger partial charge >= 0.3 is 0 Å². The van der Waals surface area contributed by atoms with Crippen molar-refractivity contribution in [2.45, 2.75) is 26.3 Å². The van der Waals surface area contributed by atoms with Gasteiger partial charge in [0.25, 0.3) is 0 Å². The van der Waals surface area contributed by atoms with Crippen LogP contribution in [0.2, 0.25) is 5.15 Å². The number of hydrogen-bond donors (Lipinski definition) is 2. The number of nitrogens with zero attached hydrogens (tertiary/aromatic N) is 3. The van der Waals surface area contributed by atoms with Gasteiger partial charge in [0.1, 0.15) is 16.7 Å². The summed E-state index contributed by atoms with van der Waals surface area (Å²) in [6.45, 7) is 4.83. The van der Waals surface area contributed by atoms with Crippen LogP contribution in [0.25, 0.3) is 0 Å². The SMILES string of the molecule is COc1ccc(CNC(=S)Nc2nc(Cl)cc(N3CCC(C)CC3)n2)cc1. The van der Waals surface area contributed by atoms with E-state index < -0.39 is 0 Å². The lowest BCUT2D eigenvalue weighted by atomic mass is 9.99. The predicted molar refractivity (Wildman–Crippen MR) is 114 cm³/mol. The summed E-state index contributed by atoms with van der Waals surface area (Å²) in [7, 11) is 1.65. The first kappa shape index (κ1) is 19.6. The molecule has 2 aromatic rings. The Balaban J connectivity index is 1.58. The molecule has 1 aromatic carbocycles. The smallest absolute Gasteiger partial charge is 0.232 e. The number of halogens is 1. The highest BCUT2D eigenvalue weighted by atomic mass is 35.5. The maximum Gasteiger partial charge on any atom is 0.232 e. The van der Waals surface area contributed by atoms with Gasteiger partial charge in [0.2, 0.25) is 5.95 Å². The predicted octanol–water partition coefficient (Wildman–Crippen LogP) is 3.86. The molecule has 1 saturated heterocycles. The molecule has 2 heterocycles. The van der Waals surface area contributed by atoms with Crippen molar-refractivity contribution in [3.8, 4) is 5.75 Å². The average molecular weight is 406 g/mol. The van der Waals surface area contributed by atoms with E-state index in [2.05, 4.69) is 32.4 Å². The molecule has 0 bridgehead atoms. The van der Waals surface area contributed by atoms with Gasteiger partial charge in [-0.05, 0) is 48.7 Å². The summed E-state index contributed by atoms with van der Waals surface area (Å²) < 4.78 is 5.16. The number of methoxy groups -OCH3 is 1. The molecule has 3 rings (SSSR count). The van der Waals surface area contributed by atoms with Crippen LogP contribution in [0.4, 0.5) is 11.8 Å². The fourth-order valence-electron chi connectivity index (χ4n) is 2.93. The van der Waals surface area contributed by atoms with Gasteiger partial charge in [0.15, 0.2) is 5.11 Å². The average Bonchev–Trinajstić information content (AvgIpc) is 2.67. The van der Waals surface area contributed by atoms with Crippen molar-refractivity contribution >= 4 is 40.7 Å². The third-order valence-corrected chi connectivity index (χ3v) is 5.07. The molecular formula is C19H24ClN5OS. The second-order valence-electron chi connectivity index (χ2n) is 6.70. The van der Waals surface area contributed by atoms with Crippen LogP contribution in [0, 0.1) is 5.92 Å². The van der Waals surface area contributed by atoms with Crippen molar-refractivity contribution in [2.75, 3.05) is 30.4 Å². The lowest BCUT2D eigenvalue weighted by Gasteiger charge is -2.31. The summed E-state index contributed by atoms with van der Waals surface area (Å²) in [5.41, 5.74) is 1.09. The van der Waals surface area contributed by atoms with E-state index in [0.29, 0.717) is 22.8 Å². The van der Waals surface area contributed by atoms with E-state index in [1.807, 2.05) is 24.3 Å². The van der Waals surface area contributed by atoms with Gasteiger partial charge in [-0.15, -0.1) is 0 Å². The van der Waals surface area contributed by atoms with Crippen LogP contribution in [0.15, 0.2) is 30.3 Å². The third kappa shape index (κ3) is 5.68. The molecule has 0 radical (unpaired) electrons. The minimum Gasteiger partial charge on any atom is -0.497 e. The molecule has 1 aliphatic heterocycles. The maximum absolute atomic E-state index is 6.19. The second kappa shape index (κ2) is 9.19. The van der Waals surface area contributed by atoms with Gasteiger partial charge < -0.3 is 20.3 Å². The highest BCUT2D eigenvalue weighted by Gasteiger charge is 2.18. The molecule has 0 atom stereocenters. The van der Waals surface area contributed by atoms with Crippen molar-refractivity contribution < 1.29 is 4.74 Å². The largest absolute Gasteiger partial charge is 0.497 e. The van der Waals surface area contributed by atoms with E-state index in [0.717, 1.165) is 49.0 Å². The number of aromatic nitrogens is 2. The van der Waals surface area contributed by atoms with E-state index in [1.54, 1.807) is 13.2 Å². The van der Waals surface area contributed by atoms with E-state index in [1.165, 1.54) is 0 Å². The molecule has 0 aliphatic carbocycles. The lowest BCUT2D eigenvalue weighted by molar-refractivity contribution is 0.414. The number of hydrogen-bond acceptors (Lipinski definition) is 5. The first-order chi connectivity index (χ1) is 13.0. The van der Waals surface area contributed by atoms with Gasteiger partial charge in [0.05, 0.1) is 7.11 Å². The van der Waals surface area contributed by atoms with Gasteiger partial charge in [-0.3, -0.25) is 0 Å². The number of anilines is 2. The summed E-state index contributed by atoms with van der Waals surface area (Å²) in [6, 6.07) is 9.61. The minimum atomic E-state index is 0.402. The number of ether oxygens (including phenoxy) is 1. The van der Waals surface area contributed by atoms with Crippen molar-refractivity contribution in [2.24, 2.45) is 5.92 Å². The zero-order valence-electron chi connectivity index (χ0n) is 15.5. The Morgan fingerprint density at radius 1 is 1.26 bits per heavy atom. The molecule has 27 heavy (non-hydrogen) atoms. The van der Waals surface area contributed by atoms with Gasteiger partial charge in [-0.25, -0.2) is 4.98 Å². The Morgan fingerprint density at radius 3 is 2.63 bits per heavy atom. The van der Waals surface area contributed by atoms with E-state index in [4.69, 9.17) is 28.6 Å². The highest BCUT2D eigenvalue weighted by molar-refractivity contribution is 7.80. The molecule has 6 nitrogen and oxygen atoms in total. The number of rotatable bonds is 5. The highest BCUT2D eigenvalue weighted by Crippen LogP contribution is 2.24. The monoisotopic (exact) mass is 405 g/mol. The molecule has 0 saturated carbocycles. The first-order valence-corrected chi connectivity index (χ1v) is 9.79. The number of piperidine rings is 1. The summed E-state index contributed by atoms with van der Waals surface area (Å²) >= 11 is 11.5. The van der Waals surface area contributed by atoms with Crippen molar-refractivity contribution in [1.82, 2.24) is 15.3 Å². The lowest BCUT2D eigenvalue weighted by Crippen LogP contribution is -2.34. The van der Waals surface area contributed by atoms with Crippen LogP contribution in [0.5, 0.6) is 5.75 Å².